The van der Waals surface area contributed by atoms with E-state index in [0.717, 1.165) is 12.8 Å². The number of aliphatic carboxylic acids is 2. The van der Waals surface area contributed by atoms with Gasteiger partial charge < -0.3 is 19.8 Å². The largest absolute Gasteiger partial charge is 0.494 e. The lowest BCUT2D eigenvalue weighted by molar-refractivity contribution is -0.136. The third-order valence-corrected chi connectivity index (χ3v) is 3.62. The molecule has 2 N–H and O–H groups in total. The van der Waals surface area contributed by atoms with Gasteiger partial charge in [-0.3, -0.25) is 9.59 Å². The van der Waals surface area contributed by atoms with Gasteiger partial charge >= 0.3 is 11.9 Å². The van der Waals surface area contributed by atoms with E-state index >= 15 is 0 Å². The predicted molar refractivity (Wildman–Crippen MR) is 92.8 cm³/mol. The van der Waals surface area contributed by atoms with Crippen molar-refractivity contribution >= 4 is 17.6 Å². The maximum Gasteiger partial charge on any atom is 0.323 e. The van der Waals surface area contributed by atoms with Crippen LogP contribution in [0, 0.1) is 0 Å². The highest BCUT2D eigenvalue weighted by Crippen LogP contribution is 2.19. The first-order chi connectivity index (χ1) is 11.5. The van der Waals surface area contributed by atoms with Crippen molar-refractivity contribution in [1.82, 2.24) is 0 Å². The van der Waals surface area contributed by atoms with Crippen molar-refractivity contribution in [3.05, 3.63) is 24.3 Å². The van der Waals surface area contributed by atoms with Gasteiger partial charge in [-0.1, -0.05) is 39.0 Å². The molecule has 0 amide bonds. The van der Waals surface area contributed by atoms with Crippen molar-refractivity contribution in [2.24, 2.45) is 0 Å². The number of anilines is 1. The zero-order chi connectivity index (χ0) is 17.8. The Morgan fingerprint density at radius 1 is 0.917 bits per heavy atom. The molecule has 0 atom stereocenters. The summed E-state index contributed by atoms with van der Waals surface area (Å²) in [5, 5.41) is 17.7. The van der Waals surface area contributed by atoms with Gasteiger partial charge in [0.25, 0.3) is 0 Å². The average molecular weight is 337 g/mol. The van der Waals surface area contributed by atoms with Crippen LogP contribution in [0.5, 0.6) is 5.75 Å². The van der Waals surface area contributed by atoms with Crippen molar-refractivity contribution in [2.45, 2.75) is 45.4 Å². The molecule has 0 bridgehead atoms. The summed E-state index contributed by atoms with van der Waals surface area (Å²) in [5.74, 6) is -1.43. The second-order valence-corrected chi connectivity index (χ2v) is 5.75. The van der Waals surface area contributed by atoms with Crippen LogP contribution in [0.2, 0.25) is 0 Å². The number of nitrogens with zero attached hydrogens (tertiary/aromatic N) is 1. The summed E-state index contributed by atoms with van der Waals surface area (Å²) in [4.78, 5) is 23.0. The summed E-state index contributed by atoms with van der Waals surface area (Å²) in [7, 11) is 0. The molecule has 0 unspecified atom stereocenters. The molecule has 0 aliphatic rings. The zero-order valence-corrected chi connectivity index (χ0v) is 14.2. The zero-order valence-electron chi connectivity index (χ0n) is 14.2. The lowest BCUT2D eigenvalue weighted by atomic mass is 10.1. The average Bonchev–Trinajstić information content (AvgIpc) is 2.53. The summed E-state index contributed by atoms with van der Waals surface area (Å²) in [6, 6.07) is 6.84. The van der Waals surface area contributed by atoms with Gasteiger partial charge in [0.1, 0.15) is 18.8 Å². The van der Waals surface area contributed by atoms with Crippen LogP contribution >= 0.6 is 0 Å². The summed E-state index contributed by atoms with van der Waals surface area (Å²) < 4.78 is 5.66. The number of unbranched alkanes of at least 4 members (excludes halogenated alkanes) is 5. The SMILES string of the molecule is CCCCCCCCOc1ccc(N(CC(=O)O)CC(=O)O)cc1. The quantitative estimate of drug-likeness (QED) is 0.536. The normalized spacial score (nSPS) is 10.4. The molecule has 6 nitrogen and oxygen atoms in total. The third kappa shape index (κ3) is 8.41. The number of carbonyl (C=O) groups is 2. The van der Waals surface area contributed by atoms with Crippen LogP contribution in [-0.4, -0.2) is 41.8 Å². The Labute approximate surface area is 143 Å². The van der Waals surface area contributed by atoms with Gasteiger partial charge in [-0.05, 0) is 30.7 Å². The summed E-state index contributed by atoms with van der Waals surface area (Å²) in [5.41, 5.74) is 0.548. The predicted octanol–water partition coefficient (Wildman–Crippen LogP) is 3.40. The van der Waals surface area contributed by atoms with Crippen LogP contribution in [0.15, 0.2) is 24.3 Å². The molecular weight excluding hydrogens is 310 g/mol. The smallest absolute Gasteiger partial charge is 0.323 e. The fourth-order valence-corrected chi connectivity index (χ4v) is 2.39. The molecule has 0 heterocycles. The highest BCUT2D eigenvalue weighted by Gasteiger charge is 2.14. The third-order valence-electron chi connectivity index (χ3n) is 3.62. The Morgan fingerprint density at radius 2 is 1.46 bits per heavy atom. The molecule has 1 aromatic rings. The maximum atomic E-state index is 10.8. The van der Waals surface area contributed by atoms with Gasteiger partial charge in [0.2, 0.25) is 0 Å². The number of carboxylic acids is 2. The van der Waals surface area contributed by atoms with Crippen molar-refractivity contribution < 1.29 is 24.5 Å². The summed E-state index contributed by atoms with van der Waals surface area (Å²) >= 11 is 0. The Hall–Kier alpha value is -2.24. The van der Waals surface area contributed by atoms with Gasteiger partial charge in [-0.25, -0.2) is 0 Å². The number of hydrogen-bond donors (Lipinski definition) is 2. The second-order valence-electron chi connectivity index (χ2n) is 5.75. The molecule has 1 aromatic carbocycles. The van der Waals surface area contributed by atoms with E-state index in [2.05, 4.69) is 6.92 Å². The van der Waals surface area contributed by atoms with Gasteiger partial charge in [0.15, 0.2) is 0 Å². The van der Waals surface area contributed by atoms with E-state index in [4.69, 9.17) is 14.9 Å². The lowest BCUT2D eigenvalue weighted by Gasteiger charge is -2.20. The van der Waals surface area contributed by atoms with Crippen molar-refractivity contribution in [3.63, 3.8) is 0 Å². The summed E-state index contributed by atoms with van der Waals surface area (Å²) in [6.07, 6.45) is 7.19. The minimum absolute atomic E-state index is 0.357. The van der Waals surface area contributed by atoms with E-state index in [0.29, 0.717) is 18.0 Å². The molecule has 0 aliphatic carbocycles. The number of carboxylic acid groups (broad SMARTS) is 2. The molecule has 0 fully saturated rings. The Balaban J connectivity index is 2.42. The Kier molecular flexibility index (Phi) is 9.34. The Bertz CT molecular complexity index is 485. The van der Waals surface area contributed by atoms with E-state index in [9.17, 15) is 9.59 Å². The van der Waals surface area contributed by atoms with Gasteiger partial charge in [0, 0.05) is 5.69 Å². The number of ether oxygens (including phenoxy) is 1. The van der Waals surface area contributed by atoms with Crippen LogP contribution in [0.3, 0.4) is 0 Å². The first-order valence-electron chi connectivity index (χ1n) is 8.44. The molecular formula is C18H27NO5. The maximum absolute atomic E-state index is 10.8. The molecule has 0 radical (unpaired) electrons. The molecule has 1 rings (SSSR count). The molecule has 0 spiro atoms. The Morgan fingerprint density at radius 3 is 2.00 bits per heavy atom. The highest BCUT2D eigenvalue weighted by molar-refractivity contribution is 5.79. The van der Waals surface area contributed by atoms with Crippen molar-refractivity contribution in [1.29, 1.82) is 0 Å². The molecule has 0 aromatic heterocycles. The number of hydrogen-bond acceptors (Lipinski definition) is 4. The first-order valence-corrected chi connectivity index (χ1v) is 8.44. The van der Waals surface area contributed by atoms with E-state index < -0.39 is 11.9 Å². The lowest BCUT2D eigenvalue weighted by Crippen LogP contribution is -2.34. The van der Waals surface area contributed by atoms with E-state index in [1.54, 1.807) is 24.3 Å². The molecule has 0 saturated carbocycles. The van der Waals surface area contributed by atoms with Gasteiger partial charge in [0.05, 0.1) is 6.61 Å². The number of benzene rings is 1. The van der Waals surface area contributed by atoms with E-state index in [1.807, 2.05) is 0 Å². The van der Waals surface area contributed by atoms with Gasteiger partial charge in [-0.15, -0.1) is 0 Å². The molecule has 134 valence electrons. The van der Waals surface area contributed by atoms with Crippen LogP contribution in [0.1, 0.15) is 45.4 Å². The minimum atomic E-state index is -1.07. The second kappa shape index (κ2) is 11.3. The monoisotopic (exact) mass is 337 g/mol. The fourth-order valence-electron chi connectivity index (χ4n) is 2.39. The van der Waals surface area contributed by atoms with Gasteiger partial charge in [-0.2, -0.15) is 0 Å². The topological polar surface area (TPSA) is 87.1 Å². The molecule has 6 heteroatoms. The highest BCUT2D eigenvalue weighted by atomic mass is 16.5. The van der Waals surface area contributed by atoms with E-state index in [-0.39, 0.29) is 13.1 Å². The van der Waals surface area contributed by atoms with Crippen molar-refractivity contribution in [2.75, 3.05) is 24.6 Å². The number of rotatable bonds is 13. The van der Waals surface area contributed by atoms with E-state index in [1.165, 1.54) is 30.6 Å². The standard InChI is InChI=1S/C18H27NO5/c1-2-3-4-5-6-7-12-24-16-10-8-15(9-11-16)19(13-17(20)21)14-18(22)23/h8-11H,2-7,12-14H2,1H3,(H,20,21)(H,22,23). The first kappa shape index (κ1) is 19.8. The van der Waals surface area contributed by atoms with Crippen LogP contribution in [-0.2, 0) is 9.59 Å². The fraction of sp³-hybridized carbons (Fsp3) is 0.556. The molecule has 24 heavy (non-hydrogen) atoms. The van der Waals surface area contributed by atoms with Crippen molar-refractivity contribution in [3.8, 4) is 5.75 Å². The summed E-state index contributed by atoms with van der Waals surface area (Å²) in [6.45, 7) is 2.13. The van der Waals surface area contributed by atoms with Crippen LogP contribution in [0.4, 0.5) is 5.69 Å². The van der Waals surface area contributed by atoms with Crippen LogP contribution in [0.25, 0.3) is 0 Å². The molecule has 0 saturated heterocycles. The molecule has 0 aliphatic heterocycles. The minimum Gasteiger partial charge on any atom is -0.494 e. The van der Waals surface area contributed by atoms with Crippen LogP contribution < -0.4 is 9.64 Å².